The van der Waals surface area contributed by atoms with Gasteiger partial charge in [0.05, 0.1) is 17.7 Å². The Morgan fingerprint density at radius 2 is 1.50 bits per heavy atom. The van der Waals surface area contributed by atoms with Crippen LogP contribution in [0.4, 0.5) is 5.69 Å². The van der Waals surface area contributed by atoms with Crippen LogP contribution in [0.25, 0.3) is 0 Å². The highest BCUT2D eigenvalue weighted by atomic mass is 32.2. The molecule has 5 rings (SSSR count). The zero-order valence-electron chi connectivity index (χ0n) is 28.0. The maximum Gasteiger partial charge on any atom is 0.264 e. The van der Waals surface area contributed by atoms with Gasteiger partial charge in [-0.1, -0.05) is 97.6 Å². The van der Waals surface area contributed by atoms with Crippen LogP contribution in [0.15, 0.2) is 108 Å². The third-order valence-electron chi connectivity index (χ3n) is 8.94. The van der Waals surface area contributed by atoms with Gasteiger partial charge in [0.1, 0.15) is 18.3 Å². The highest BCUT2D eigenvalue weighted by Crippen LogP contribution is 2.29. The normalized spacial score (nSPS) is 14.1. The number of ether oxygens (including phenoxy) is 1. The lowest BCUT2D eigenvalue weighted by Crippen LogP contribution is -2.55. The van der Waals surface area contributed by atoms with Crippen LogP contribution in [0.3, 0.4) is 0 Å². The molecule has 1 saturated carbocycles. The standard InChI is InChI=1S/C39H45N3O5S/c1-29-22-23-36(30(2)24-29)42(48(45,46)35-20-11-6-12-21-35)28-38(43)41(27-32-16-13-19-34(25-32)47-3)37(26-31-14-7-4-8-15-31)39(44)40-33-17-9-5-10-18-33/h4,6-8,11-16,19-25,33,37H,5,9-10,17-18,26-28H2,1-3H3,(H,40,44)/t37-/m0/s1. The minimum atomic E-state index is -4.16. The molecule has 1 aliphatic carbocycles. The highest BCUT2D eigenvalue weighted by Gasteiger charge is 2.36. The molecular formula is C39H45N3O5S. The number of sulfonamides is 1. The molecular weight excluding hydrogens is 623 g/mol. The largest absolute Gasteiger partial charge is 0.497 e. The predicted octanol–water partition coefficient (Wildman–Crippen LogP) is 6.60. The van der Waals surface area contributed by atoms with Gasteiger partial charge in [-0.25, -0.2) is 8.42 Å². The maximum atomic E-state index is 14.8. The smallest absolute Gasteiger partial charge is 0.264 e. The van der Waals surface area contributed by atoms with Crippen LogP contribution in [0.5, 0.6) is 5.75 Å². The minimum absolute atomic E-state index is 0.0310. The van der Waals surface area contributed by atoms with Crippen LogP contribution in [-0.4, -0.2) is 50.9 Å². The molecule has 1 fully saturated rings. The quantitative estimate of drug-likeness (QED) is 0.174. The first-order valence-corrected chi connectivity index (χ1v) is 18.0. The molecule has 0 bridgehead atoms. The second kappa shape index (κ2) is 16.0. The summed E-state index contributed by atoms with van der Waals surface area (Å²) in [5.74, 6) is -0.113. The Labute approximate surface area is 284 Å². The number of amides is 2. The Bertz CT molecular complexity index is 1790. The van der Waals surface area contributed by atoms with Gasteiger partial charge in [0.25, 0.3) is 10.0 Å². The number of methoxy groups -OCH3 is 1. The molecule has 0 aromatic heterocycles. The number of rotatable bonds is 13. The number of hydrogen-bond acceptors (Lipinski definition) is 5. The molecule has 252 valence electrons. The Morgan fingerprint density at radius 1 is 0.833 bits per heavy atom. The van der Waals surface area contributed by atoms with Crippen molar-refractivity contribution in [2.75, 3.05) is 18.0 Å². The number of carbonyl (C=O) groups is 2. The van der Waals surface area contributed by atoms with Gasteiger partial charge in [-0.15, -0.1) is 0 Å². The molecule has 1 atom stereocenters. The van der Waals surface area contributed by atoms with Crippen molar-refractivity contribution in [3.05, 3.63) is 125 Å². The lowest BCUT2D eigenvalue weighted by atomic mass is 9.94. The molecule has 48 heavy (non-hydrogen) atoms. The molecule has 4 aromatic carbocycles. The first-order valence-electron chi connectivity index (χ1n) is 16.6. The molecule has 0 heterocycles. The number of hydrogen-bond donors (Lipinski definition) is 1. The summed E-state index contributed by atoms with van der Waals surface area (Å²) in [6, 6.07) is 29.7. The lowest BCUT2D eigenvalue weighted by molar-refractivity contribution is -0.140. The lowest BCUT2D eigenvalue weighted by Gasteiger charge is -2.35. The van der Waals surface area contributed by atoms with Crippen LogP contribution in [0.1, 0.15) is 54.4 Å². The van der Waals surface area contributed by atoms with Gasteiger partial charge in [0, 0.05) is 19.0 Å². The summed E-state index contributed by atoms with van der Waals surface area (Å²) in [4.78, 5) is 30.7. The molecule has 0 spiro atoms. The highest BCUT2D eigenvalue weighted by molar-refractivity contribution is 7.92. The summed E-state index contributed by atoms with van der Waals surface area (Å²) in [5.41, 5.74) is 3.76. The second-order valence-electron chi connectivity index (χ2n) is 12.5. The van der Waals surface area contributed by atoms with E-state index in [2.05, 4.69) is 5.32 Å². The van der Waals surface area contributed by atoms with E-state index in [1.54, 1.807) is 31.4 Å². The number of aryl methyl sites for hydroxylation is 2. The van der Waals surface area contributed by atoms with E-state index in [9.17, 15) is 18.0 Å². The summed E-state index contributed by atoms with van der Waals surface area (Å²) >= 11 is 0. The number of nitrogens with zero attached hydrogens (tertiary/aromatic N) is 2. The number of nitrogens with one attached hydrogen (secondary N) is 1. The van der Waals surface area contributed by atoms with Gasteiger partial charge in [-0.2, -0.15) is 0 Å². The molecule has 9 heteroatoms. The monoisotopic (exact) mass is 667 g/mol. The zero-order chi connectivity index (χ0) is 34.1. The van der Waals surface area contributed by atoms with Crippen molar-refractivity contribution < 1.29 is 22.7 Å². The van der Waals surface area contributed by atoms with Gasteiger partial charge in [-0.05, 0) is 73.7 Å². The molecule has 2 amide bonds. The van der Waals surface area contributed by atoms with Gasteiger partial charge in [0.15, 0.2) is 0 Å². The van der Waals surface area contributed by atoms with E-state index in [1.807, 2.05) is 80.6 Å². The fourth-order valence-electron chi connectivity index (χ4n) is 6.38. The van der Waals surface area contributed by atoms with Gasteiger partial charge in [-0.3, -0.25) is 13.9 Å². The van der Waals surface area contributed by atoms with Gasteiger partial charge < -0.3 is 15.0 Å². The second-order valence-corrected chi connectivity index (χ2v) is 14.4. The number of anilines is 1. The Hall–Kier alpha value is -4.63. The van der Waals surface area contributed by atoms with Crippen molar-refractivity contribution in [1.29, 1.82) is 0 Å². The SMILES string of the molecule is COc1cccc(CN(C(=O)CN(c2ccc(C)cc2C)S(=O)(=O)c2ccccc2)[C@@H](Cc2ccccc2)C(=O)NC2CCCCC2)c1. The van der Waals surface area contributed by atoms with E-state index in [0.717, 1.165) is 54.4 Å². The van der Waals surface area contributed by atoms with E-state index < -0.39 is 28.5 Å². The molecule has 0 radical (unpaired) electrons. The van der Waals surface area contributed by atoms with Gasteiger partial charge in [0.2, 0.25) is 11.8 Å². The summed E-state index contributed by atoms with van der Waals surface area (Å²) in [6.45, 7) is 3.36. The van der Waals surface area contributed by atoms with Crippen LogP contribution in [-0.2, 0) is 32.6 Å². The predicted molar refractivity (Wildman–Crippen MR) is 189 cm³/mol. The number of carbonyl (C=O) groups excluding carboxylic acids is 2. The molecule has 0 aliphatic heterocycles. The molecule has 1 aliphatic rings. The van der Waals surface area contributed by atoms with Crippen molar-refractivity contribution >= 4 is 27.5 Å². The molecule has 8 nitrogen and oxygen atoms in total. The zero-order valence-corrected chi connectivity index (χ0v) is 28.8. The van der Waals surface area contributed by atoms with E-state index >= 15 is 0 Å². The summed E-state index contributed by atoms with van der Waals surface area (Å²) in [6.07, 6.45) is 5.29. The van der Waals surface area contributed by atoms with Gasteiger partial charge >= 0.3 is 0 Å². The average Bonchev–Trinajstić information content (AvgIpc) is 3.10. The third-order valence-corrected chi connectivity index (χ3v) is 10.7. The maximum absolute atomic E-state index is 14.8. The van der Waals surface area contributed by atoms with Crippen LogP contribution < -0.4 is 14.4 Å². The Morgan fingerprint density at radius 3 is 2.17 bits per heavy atom. The summed E-state index contributed by atoms with van der Waals surface area (Å²) < 4.78 is 35.2. The molecule has 1 N–H and O–H groups in total. The Kier molecular flexibility index (Phi) is 11.5. The van der Waals surface area contributed by atoms with Crippen molar-refractivity contribution in [3.8, 4) is 5.75 Å². The fraction of sp³-hybridized carbons (Fsp3) is 0.333. The molecule has 0 saturated heterocycles. The van der Waals surface area contributed by atoms with E-state index in [0.29, 0.717) is 11.4 Å². The van der Waals surface area contributed by atoms with Crippen LogP contribution in [0, 0.1) is 13.8 Å². The van der Waals surface area contributed by atoms with Crippen molar-refractivity contribution in [1.82, 2.24) is 10.2 Å². The van der Waals surface area contributed by atoms with Crippen molar-refractivity contribution in [3.63, 3.8) is 0 Å². The Balaban J connectivity index is 1.58. The number of benzene rings is 4. The summed E-state index contributed by atoms with van der Waals surface area (Å²) in [5, 5.41) is 3.25. The molecule has 4 aromatic rings. The van der Waals surface area contributed by atoms with Crippen molar-refractivity contribution in [2.24, 2.45) is 0 Å². The summed E-state index contributed by atoms with van der Waals surface area (Å²) in [7, 11) is -2.59. The van der Waals surface area contributed by atoms with E-state index in [1.165, 1.54) is 21.3 Å². The van der Waals surface area contributed by atoms with Crippen LogP contribution >= 0.6 is 0 Å². The minimum Gasteiger partial charge on any atom is -0.497 e. The topological polar surface area (TPSA) is 96.0 Å². The average molecular weight is 668 g/mol. The van der Waals surface area contributed by atoms with E-state index in [-0.39, 0.29) is 29.8 Å². The molecule has 0 unspecified atom stereocenters. The first kappa shape index (κ1) is 34.7. The van der Waals surface area contributed by atoms with Crippen LogP contribution in [0.2, 0.25) is 0 Å². The third kappa shape index (κ3) is 8.63. The first-order chi connectivity index (χ1) is 23.2. The van der Waals surface area contributed by atoms with Crippen molar-refractivity contribution in [2.45, 2.75) is 75.9 Å². The fourth-order valence-corrected chi connectivity index (χ4v) is 7.88. The van der Waals surface area contributed by atoms with E-state index in [4.69, 9.17) is 4.74 Å².